The number of aromatic nitrogens is 2. The monoisotopic (exact) mass is 205 g/mol. The van der Waals surface area contributed by atoms with Crippen molar-refractivity contribution in [1.29, 1.82) is 0 Å². The average molecular weight is 205 g/mol. The van der Waals surface area contributed by atoms with Crippen molar-refractivity contribution in [3.63, 3.8) is 0 Å². The van der Waals surface area contributed by atoms with E-state index in [4.69, 9.17) is 0 Å². The molecule has 4 heteroatoms. The van der Waals surface area contributed by atoms with Gasteiger partial charge >= 0.3 is 0 Å². The molecule has 2 aliphatic rings. The molecule has 1 amide bonds. The van der Waals surface area contributed by atoms with E-state index in [0.29, 0.717) is 5.82 Å². The first-order valence-electron chi connectivity index (χ1n) is 5.61. The third-order valence-corrected chi connectivity index (χ3v) is 3.43. The van der Waals surface area contributed by atoms with Crippen molar-refractivity contribution in [3.05, 3.63) is 17.2 Å². The summed E-state index contributed by atoms with van der Waals surface area (Å²) >= 11 is 0. The fourth-order valence-electron chi connectivity index (χ4n) is 2.53. The Morgan fingerprint density at radius 3 is 2.87 bits per heavy atom. The quantitative estimate of drug-likeness (QED) is 0.629. The molecular formula is C11H15N3O. The van der Waals surface area contributed by atoms with Crippen LogP contribution in [0.3, 0.4) is 0 Å². The van der Waals surface area contributed by atoms with Gasteiger partial charge in [0.2, 0.25) is 0 Å². The Morgan fingerprint density at radius 2 is 2.00 bits per heavy atom. The minimum Gasteiger partial charge on any atom is -0.337 e. The van der Waals surface area contributed by atoms with Crippen LogP contribution in [0.2, 0.25) is 0 Å². The zero-order chi connectivity index (χ0) is 10.4. The highest BCUT2D eigenvalue weighted by molar-refractivity contribution is 5.91. The summed E-state index contributed by atoms with van der Waals surface area (Å²) in [4.78, 5) is 18.1. The Hall–Kier alpha value is -1.32. The molecule has 0 radical (unpaired) electrons. The van der Waals surface area contributed by atoms with Gasteiger partial charge in [-0.1, -0.05) is 0 Å². The van der Waals surface area contributed by atoms with Gasteiger partial charge in [0.05, 0.1) is 5.69 Å². The summed E-state index contributed by atoms with van der Waals surface area (Å²) in [5.41, 5.74) is 2.48. The first-order chi connectivity index (χ1) is 7.27. The molecule has 1 aliphatic carbocycles. The molecule has 0 unspecified atom stereocenters. The van der Waals surface area contributed by atoms with Crippen molar-refractivity contribution in [3.8, 4) is 0 Å². The topological polar surface area (TPSA) is 38.1 Å². The first-order valence-corrected chi connectivity index (χ1v) is 5.61. The van der Waals surface area contributed by atoms with Crippen molar-refractivity contribution in [1.82, 2.24) is 14.5 Å². The van der Waals surface area contributed by atoms with Gasteiger partial charge in [-0.25, -0.2) is 4.98 Å². The average Bonchev–Trinajstić information content (AvgIpc) is 2.63. The molecule has 15 heavy (non-hydrogen) atoms. The Labute approximate surface area is 88.9 Å². The van der Waals surface area contributed by atoms with Gasteiger partial charge in [-0.15, -0.1) is 0 Å². The van der Waals surface area contributed by atoms with E-state index in [0.717, 1.165) is 25.9 Å². The van der Waals surface area contributed by atoms with Gasteiger partial charge in [0.25, 0.3) is 5.91 Å². The maximum Gasteiger partial charge on any atom is 0.289 e. The van der Waals surface area contributed by atoms with E-state index in [-0.39, 0.29) is 5.91 Å². The van der Waals surface area contributed by atoms with E-state index >= 15 is 0 Å². The SMILES string of the molecule is CN1CCn2c(nc3c2CCCC3)C1=O. The van der Waals surface area contributed by atoms with Crippen molar-refractivity contribution >= 4 is 5.91 Å². The molecule has 0 bridgehead atoms. The summed E-state index contributed by atoms with van der Waals surface area (Å²) in [6.45, 7) is 1.73. The van der Waals surface area contributed by atoms with E-state index in [2.05, 4.69) is 9.55 Å². The molecule has 0 saturated heterocycles. The van der Waals surface area contributed by atoms with Crippen LogP contribution in [0.4, 0.5) is 0 Å². The van der Waals surface area contributed by atoms with Crippen LogP contribution in [0.25, 0.3) is 0 Å². The minimum atomic E-state index is 0.0793. The number of imidazole rings is 1. The Kier molecular flexibility index (Phi) is 1.84. The van der Waals surface area contributed by atoms with E-state index in [1.807, 2.05) is 7.05 Å². The minimum absolute atomic E-state index is 0.0793. The fraction of sp³-hybridized carbons (Fsp3) is 0.636. The molecule has 2 heterocycles. The standard InChI is InChI=1S/C11H15N3O/c1-13-6-7-14-9-5-3-2-4-8(9)12-10(14)11(13)15/h2-7H2,1H3. The Bertz CT molecular complexity index is 422. The van der Waals surface area contributed by atoms with Crippen LogP contribution in [-0.2, 0) is 19.4 Å². The Morgan fingerprint density at radius 1 is 1.20 bits per heavy atom. The van der Waals surface area contributed by atoms with Crippen LogP contribution in [0.5, 0.6) is 0 Å². The number of carbonyl (C=O) groups excluding carboxylic acids is 1. The van der Waals surface area contributed by atoms with Gasteiger partial charge in [0, 0.05) is 25.8 Å². The lowest BCUT2D eigenvalue weighted by Gasteiger charge is -2.24. The highest BCUT2D eigenvalue weighted by atomic mass is 16.2. The van der Waals surface area contributed by atoms with Crippen molar-refractivity contribution in [2.24, 2.45) is 0 Å². The van der Waals surface area contributed by atoms with Crippen molar-refractivity contribution < 1.29 is 4.79 Å². The van der Waals surface area contributed by atoms with Gasteiger partial charge in [-0.3, -0.25) is 4.79 Å². The van der Waals surface area contributed by atoms with Crippen LogP contribution in [0.1, 0.15) is 34.8 Å². The lowest BCUT2D eigenvalue weighted by molar-refractivity contribution is 0.0740. The number of fused-ring (bicyclic) bond motifs is 3. The first kappa shape index (κ1) is 8.95. The second-order valence-electron chi connectivity index (χ2n) is 4.41. The predicted molar refractivity (Wildman–Crippen MR) is 55.8 cm³/mol. The largest absolute Gasteiger partial charge is 0.337 e. The molecule has 0 spiro atoms. The zero-order valence-electron chi connectivity index (χ0n) is 8.99. The van der Waals surface area contributed by atoms with E-state index < -0.39 is 0 Å². The van der Waals surface area contributed by atoms with Gasteiger partial charge in [-0.05, 0) is 25.7 Å². The molecule has 1 aromatic rings. The number of hydrogen-bond donors (Lipinski definition) is 0. The third-order valence-electron chi connectivity index (χ3n) is 3.43. The maximum atomic E-state index is 11.9. The molecule has 1 aromatic heterocycles. The predicted octanol–water partition coefficient (Wildman–Crippen LogP) is 0.848. The molecule has 0 aromatic carbocycles. The maximum absolute atomic E-state index is 11.9. The normalized spacial score (nSPS) is 20.1. The summed E-state index contributed by atoms with van der Waals surface area (Å²) in [7, 11) is 1.85. The number of hydrogen-bond acceptors (Lipinski definition) is 2. The molecule has 0 atom stereocenters. The van der Waals surface area contributed by atoms with Crippen LogP contribution in [-0.4, -0.2) is 34.0 Å². The zero-order valence-corrected chi connectivity index (χ0v) is 8.99. The van der Waals surface area contributed by atoms with E-state index in [9.17, 15) is 4.79 Å². The van der Waals surface area contributed by atoms with Gasteiger partial charge in [-0.2, -0.15) is 0 Å². The lowest BCUT2D eigenvalue weighted by Crippen LogP contribution is -2.38. The fourth-order valence-corrected chi connectivity index (χ4v) is 2.53. The molecule has 0 N–H and O–H groups in total. The number of rotatable bonds is 0. The number of amides is 1. The van der Waals surface area contributed by atoms with Crippen molar-refractivity contribution in [2.75, 3.05) is 13.6 Å². The van der Waals surface area contributed by atoms with Gasteiger partial charge in [0.15, 0.2) is 5.82 Å². The Balaban J connectivity index is 2.12. The number of carbonyl (C=O) groups is 1. The van der Waals surface area contributed by atoms with E-state index in [1.165, 1.54) is 24.2 Å². The summed E-state index contributed by atoms with van der Waals surface area (Å²) in [5, 5.41) is 0. The summed E-state index contributed by atoms with van der Waals surface area (Å²) in [5.74, 6) is 0.742. The lowest BCUT2D eigenvalue weighted by atomic mass is 10.0. The molecular weight excluding hydrogens is 190 g/mol. The summed E-state index contributed by atoms with van der Waals surface area (Å²) in [6.07, 6.45) is 4.60. The third kappa shape index (κ3) is 1.20. The van der Waals surface area contributed by atoms with Crippen molar-refractivity contribution in [2.45, 2.75) is 32.2 Å². The molecule has 3 rings (SSSR count). The summed E-state index contributed by atoms with van der Waals surface area (Å²) in [6, 6.07) is 0. The molecule has 80 valence electrons. The highest BCUT2D eigenvalue weighted by Gasteiger charge is 2.28. The number of nitrogens with zero attached hydrogens (tertiary/aromatic N) is 3. The molecule has 4 nitrogen and oxygen atoms in total. The van der Waals surface area contributed by atoms with Crippen LogP contribution < -0.4 is 0 Å². The number of likely N-dealkylation sites (N-methyl/N-ethyl adjacent to an activating group) is 1. The summed E-state index contributed by atoms with van der Waals surface area (Å²) < 4.78 is 2.14. The molecule has 0 saturated carbocycles. The van der Waals surface area contributed by atoms with Crippen LogP contribution in [0, 0.1) is 0 Å². The highest BCUT2D eigenvalue weighted by Crippen LogP contribution is 2.24. The molecule has 0 fully saturated rings. The second-order valence-corrected chi connectivity index (χ2v) is 4.41. The van der Waals surface area contributed by atoms with E-state index in [1.54, 1.807) is 4.90 Å². The smallest absolute Gasteiger partial charge is 0.289 e. The van der Waals surface area contributed by atoms with Crippen LogP contribution in [0.15, 0.2) is 0 Å². The van der Waals surface area contributed by atoms with Gasteiger partial charge in [0.1, 0.15) is 0 Å². The number of aryl methyl sites for hydroxylation is 1. The second kappa shape index (κ2) is 3.08. The van der Waals surface area contributed by atoms with Crippen LogP contribution >= 0.6 is 0 Å². The molecule has 1 aliphatic heterocycles. The van der Waals surface area contributed by atoms with Gasteiger partial charge < -0.3 is 9.47 Å².